The zero-order chi connectivity index (χ0) is 18.1. The second-order valence-corrected chi connectivity index (χ2v) is 6.51. The molecule has 1 aromatic carbocycles. The summed E-state index contributed by atoms with van der Waals surface area (Å²) in [6, 6.07) is 11.1. The molecule has 26 heavy (non-hydrogen) atoms. The van der Waals surface area contributed by atoms with Crippen LogP contribution in [0.1, 0.15) is 11.3 Å². The first-order chi connectivity index (χ1) is 12.7. The summed E-state index contributed by atoms with van der Waals surface area (Å²) in [5.41, 5.74) is 3.53. The minimum atomic E-state index is -0.364. The molecular weight excluding hydrogens is 350 g/mol. The van der Waals surface area contributed by atoms with E-state index in [0.29, 0.717) is 17.7 Å². The number of benzene rings is 1. The molecular formula is C18H11N5O2S. The molecule has 0 aliphatic rings. The van der Waals surface area contributed by atoms with Gasteiger partial charge in [-0.2, -0.15) is 5.26 Å². The smallest absolute Gasteiger partial charge is 0.331 e. The SMILES string of the molecule is N#Cc1ccc2c(-c3ccsc3[N+](=O)[O-])cn(Cc3ccncn3)c2c1. The molecule has 8 heteroatoms. The molecule has 0 atom stereocenters. The Morgan fingerprint density at radius 1 is 1.27 bits per heavy atom. The van der Waals surface area contributed by atoms with Crippen molar-refractivity contribution in [3.63, 3.8) is 0 Å². The summed E-state index contributed by atoms with van der Waals surface area (Å²) in [4.78, 5) is 19.1. The van der Waals surface area contributed by atoms with Crippen LogP contribution in [-0.4, -0.2) is 19.5 Å². The Morgan fingerprint density at radius 3 is 2.88 bits per heavy atom. The van der Waals surface area contributed by atoms with E-state index in [4.69, 9.17) is 0 Å². The van der Waals surface area contributed by atoms with Crippen LogP contribution in [0.2, 0.25) is 0 Å². The third-order valence-electron chi connectivity index (χ3n) is 4.09. The quantitative estimate of drug-likeness (QED) is 0.404. The van der Waals surface area contributed by atoms with Crippen LogP contribution in [0.4, 0.5) is 5.00 Å². The van der Waals surface area contributed by atoms with Crippen LogP contribution < -0.4 is 0 Å². The highest BCUT2D eigenvalue weighted by atomic mass is 32.1. The molecule has 0 aliphatic carbocycles. The van der Waals surface area contributed by atoms with Crippen molar-refractivity contribution in [1.82, 2.24) is 14.5 Å². The number of thiophene rings is 1. The molecule has 3 heterocycles. The second-order valence-electron chi connectivity index (χ2n) is 5.61. The fourth-order valence-electron chi connectivity index (χ4n) is 2.94. The van der Waals surface area contributed by atoms with Crippen LogP contribution in [0, 0.1) is 21.4 Å². The number of aromatic nitrogens is 3. The Morgan fingerprint density at radius 2 is 2.15 bits per heavy atom. The van der Waals surface area contributed by atoms with E-state index in [-0.39, 0.29) is 9.92 Å². The van der Waals surface area contributed by atoms with E-state index >= 15 is 0 Å². The van der Waals surface area contributed by atoms with Crippen LogP contribution in [0.15, 0.2) is 54.4 Å². The van der Waals surface area contributed by atoms with Gasteiger partial charge in [-0.1, -0.05) is 17.4 Å². The van der Waals surface area contributed by atoms with Gasteiger partial charge in [-0.25, -0.2) is 9.97 Å². The van der Waals surface area contributed by atoms with Gasteiger partial charge in [0.15, 0.2) is 0 Å². The van der Waals surface area contributed by atoms with Gasteiger partial charge in [0.2, 0.25) is 0 Å². The van der Waals surface area contributed by atoms with Crippen LogP contribution in [0.5, 0.6) is 0 Å². The molecule has 0 saturated heterocycles. The highest BCUT2D eigenvalue weighted by Gasteiger charge is 2.21. The molecule has 0 unspecified atom stereocenters. The third-order valence-corrected chi connectivity index (χ3v) is 4.95. The highest BCUT2D eigenvalue weighted by molar-refractivity contribution is 7.14. The lowest BCUT2D eigenvalue weighted by atomic mass is 10.1. The maximum absolute atomic E-state index is 11.3. The fraction of sp³-hybridized carbons (Fsp3) is 0.0556. The Labute approximate surface area is 152 Å². The summed E-state index contributed by atoms with van der Waals surface area (Å²) in [5, 5.41) is 23.2. The summed E-state index contributed by atoms with van der Waals surface area (Å²) in [6.45, 7) is 0.478. The molecule has 0 fully saturated rings. The first-order valence-corrected chi connectivity index (χ1v) is 8.55. The maximum atomic E-state index is 11.3. The zero-order valence-corrected chi connectivity index (χ0v) is 14.2. The number of fused-ring (bicyclic) bond motifs is 1. The van der Waals surface area contributed by atoms with Crippen molar-refractivity contribution in [1.29, 1.82) is 5.26 Å². The van der Waals surface area contributed by atoms with Crippen molar-refractivity contribution in [3.8, 4) is 17.2 Å². The monoisotopic (exact) mass is 361 g/mol. The van der Waals surface area contributed by atoms with Crippen molar-refractivity contribution in [2.45, 2.75) is 6.54 Å². The minimum Gasteiger partial charge on any atom is -0.341 e. The van der Waals surface area contributed by atoms with Gasteiger partial charge >= 0.3 is 5.00 Å². The van der Waals surface area contributed by atoms with Gasteiger partial charge in [-0.3, -0.25) is 10.1 Å². The molecule has 0 N–H and O–H groups in total. The van der Waals surface area contributed by atoms with Crippen molar-refractivity contribution < 1.29 is 4.92 Å². The average molecular weight is 361 g/mol. The lowest BCUT2D eigenvalue weighted by molar-refractivity contribution is -0.379. The van der Waals surface area contributed by atoms with Crippen LogP contribution >= 0.6 is 11.3 Å². The van der Waals surface area contributed by atoms with Gasteiger partial charge < -0.3 is 4.57 Å². The van der Waals surface area contributed by atoms with E-state index in [1.807, 2.05) is 22.9 Å². The number of nitrogens with zero attached hydrogens (tertiary/aromatic N) is 5. The summed E-state index contributed by atoms with van der Waals surface area (Å²) >= 11 is 1.10. The van der Waals surface area contributed by atoms with E-state index in [2.05, 4.69) is 16.0 Å². The Balaban J connectivity index is 1.93. The molecule has 0 bridgehead atoms. The van der Waals surface area contributed by atoms with E-state index in [9.17, 15) is 15.4 Å². The van der Waals surface area contributed by atoms with E-state index < -0.39 is 0 Å². The highest BCUT2D eigenvalue weighted by Crippen LogP contribution is 2.39. The Kier molecular flexibility index (Phi) is 3.91. The average Bonchev–Trinajstić information content (AvgIpc) is 3.27. The fourth-order valence-corrected chi connectivity index (χ4v) is 3.66. The van der Waals surface area contributed by atoms with E-state index in [0.717, 1.165) is 33.5 Å². The van der Waals surface area contributed by atoms with Crippen LogP contribution in [0.25, 0.3) is 22.0 Å². The van der Waals surface area contributed by atoms with Gasteiger partial charge in [-0.05, 0) is 29.6 Å². The predicted octanol–water partition coefficient (Wildman–Crippen LogP) is 3.99. The summed E-state index contributed by atoms with van der Waals surface area (Å²) in [7, 11) is 0. The van der Waals surface area contributed by atoms with Crippen LogP contribution in [0.3, 0.4) is 0 Å². The lowest BCUT2D eigenvalue weighted by Crippen LogP contribution is -2.00. The first-order valence-electron chi connectivity index (χ1n) is 7.67. The predicted molar refractivity (Wildman–Crippen MR) is 97.8 cm³/mol. The van der Waals surface area contributed by atoms with Crippen molar-refractivity contribution in [2.75, 3.05) is 0 Å². The third kappa shape index (κ3) is 2.70. The lowest BCUT2D eigenvalue weighted by Gasteiger charge is -2.04. The molecule has 0 saturated carbocycles. The summed E-state index contributed by atoms with van der Waals surface area (Å²) in [6.07, 6.45) is 5.02. The van der Waals surface area contributed by atoms with Gasteiger partial charge in [0.1, 0.15) is 6.33 Å². The first kappa shape index (κ1) is 15.9. The van der Waals surface area contributed by atoms with E-state index in [1.165, 1.54) is 6.33 Å². The van der Waals surface area contributed by atoms with Gasteiger partial charge in [0.05, 0.1) is 39.9 Å². The normalized spacial score (nSPS) is 10.7. The van der Waals surface area contributed by atoms with E-state index in [1.54, 1.807) is 29.8 Å². The number of nitriles is 1. The summed E-state index contributed by atoms with van der Waals surface area (Å²) in [5.74, 6) is 0. The van der Waals surface area contributed by atoms with Crippen molar-refractivity contribution in [2.24, 2.45) is 0 Å². The number of nitro groups is 1. The minimum absolute atomic E-state index is 0.107. The topological polar surface area (TPSA) is 97.6 Å². The van der Waals surface area contributed by atoms with Gasteiger partial charge in [0.25, 0.3) is 0 Å². The molecule has 0 radical (unpaired) electrons. The van der Waals surface area contributed by atoms with Gasteiger partial charge in [-0.15, -0.1) is 0 Å². The zero-order valence-electron chi connectivity index (χ0n) is 13.4. The standard InChI is InChI=1S/C18H11N5O2S/c19-8-12-1-2-14-16(15-4-6-26-18(15)23(24)25)10-22(17(14)7-12)9-13-3-5-20-11-21-13/h1-7,10-11H,9H2. The number of hydrogen-bond donors (Lipinski definition) is 0. The number of hydrogen-bond acceptors (Lipinski definition) is 6. The molecule has 4 rings (SSSR count). The molecule has 3 aromatic heterocycles. The van der Waals surface area contributed by atoms with Gasteiger partial charge in [0, 0.05) is 23.3 Å². The van der Waals surface area contributed by atoms with Crippen molar-refractivity contribution in [3.05, 3.63) is 75.8 Å². The molecule has 0 spiro atoms. The number of rotatable bonds is 4. The molecule has 7 nitrogen and oxygen atoms in total. The Hall–Kier alpha value is -3.57. The van der Waals surface area contributed by atoms with Crippen LogP contribution in [-0.2, 0) is 6.54 Å². The molecule has 126 valence electrons. The maximum Gasteiger partial charge on any atom is 0.331 e. The largest absolute Gasteiger partial charge is 0.341 e. The van der Waals surface area contributed by atoms with Crippen molar-refractivity contribution >= 4 is 27.2 Å². The molecule has 4 aromatic rings. The second kappa shape index (κ2) is 6.38. The summed E-state index contributed by atoms with van der Waals surface area (Å²) < 4.78 is 1.95. The molecule has 0 amide bonds. The molecule has 0 aliphatic heterocycles. The Bertz CT molecular complexity index is 1160.